The number of amides is 2. The van der Waals surface area contributed by atoms with Crippen LogP contribution in [0.5, 0.6) is 5.75 Å². The van der Waals surface area contributed by atoms with Gasteiger partial charge in [0, 0.05) is 35.8 Å². The Bertz CT molecular complexity index is 1150. The Balaban J connectivity index is 1.51. The summed E-state index contributed by atoms with van der Waals surface area (Å²) in [6.07, 6.45) is 5.42. The molecule has 4 rings (SSSR count). The van der Waals surface area contributed by atoms with E-state index in [1.807, 2.05) is 61.7 Å². The number of aryl methyl sites for hydroxylation is 1. The van der Waals surface area contributed by atoms with Gasteiger partial charge in [-0.3, -0.25) is 14.5 Å². The Morgan fingerprint density at radius 2 is 1.84 bits per heavy atom. The molecule has 5 nitrogen and oxygen atoms in total. The molecule has 2 aromatic carbocycles. The van der Waals surface area contributed by atoms with E-state index in [0.29, 0.717) is 28.8 Å². The lowest BCUT2D eigenvalue weighted by Crippen LogP contribution is -2.28. The van der Waals surface area contributed by atoms with Crippen molar-refractivity contribution in [2.75, 3.05) is 13.2 Å². The lowest BCUT2D eigenvalue weighted by atomic mass is 10.1. The molecule has 1 aliphatic heterocycles. The van der Waals surface area contributed by atoms with Gasteiger partial charge in [-0.05, 0) is 48.9 Å². The molecule has 31 heavy (non-hydrogen) atoms. The Labute approximate surface area is 190 Å². The van der Waals surface area contributed by atoms with E-state index in [-0.39, 0.29) is 11.1 Å². The van der Waals surface area contributed by atoms with Gasteiger partial charge in [0.25, 0.3) is 11.1 Å². The van der Waals surface area contributed by atoms with Crippen LogP contribution >= 0.6 is 23.4 Å². The van der Waals surface area contributed by atoms with Gasteiger partial charge in [0.1, 0.15) is 5.75 Å². The minimum Gasteiger partial charge on any atom is -0.492 e. The summed E-state index contributed by atoms with van der Waals surface area (Å²) in [4.78, 5) is 26.6. The van der Waals surface area contributed by atoms with Gasteiger partial charge in [0.2, 0.25) is 0 Å². The van der Waals surface area contributed by atoms with Gasteiger partial charge in [0.05, 0.1) is 16.5 Å². The fourth-order valence-electron chi connectivity index (χ4n) is 3.61. The molecule has 0 N–H and O–H groups in total. The van der Waals surface area contributed by atoms with Crippen molar-refractivity contribution in [3.05, 3.63) is 70.2 Å². The Hall–Kier alpha value is -2.70. The summed E-state index contributed by atoms with van der Waals surface area (Å²) in [6.45, 7) is 3.71. The minimum absolute atomic E-state index is 0.196. The monoisotopic (exact) mass is 454 g/mol. The van der Waals surface area contributed by atoms with Gasteiger partial charge < -0.3 is 9.30 Å². The predicted molar refractivity (Wildman–Crippen MR) is 126 cm³/mol. The zero-order valence-corrected chi connectivity index (χ0v) is 18.8. The first-order valence-corrected chi connectivity index (χ1v) is 11.5. The number of nitrogens with zero attached hydrogens (tertiary/aromatic N) is 2. The van der Waals surface area contributed by atoms with Crippen molar-refractivity contribution in [3.8, 4) is 5.75 Å². The fraction of sp³-hybridized carbons (Fsp3) is 0.250. The van der Waals surface area contributed by atoms with Crippen LogP contribution in [-0.2, 0) is 11.3 Å². The molecule has 0 radical (unpaired) electrons. The number of ether oxygens (including phenoxy) is 1. The first-order valence-electron chi connectivity index (χ1n) is 10.3. The predicted octanol–water partition coefficient (Wildman–Crippen LogP) is 6.21. The van der Waals surface area contributed by atoms with E-state index in [4.69, 9.17) is 16.3 Å². The minimum atomic E-state index is -0.207. The molecule has 0 spiro atoms. The zero-order chi connectivity index (χ0) is 21.8. The van der Waals surface area contributed by atoms with E-state index in [2.05, 4.69) is 10.6 Å². The van der Waals surface area contributed by atoms with E-state index in [1.54, 1.807) is 0 Å². The van der Waals surface area contributed by atoms with Crippen molar-refractivity contribution in [3.63, 3.8) is 0 Å². The number of carbonyl (C=O) groups excluding carboxylic acids is 2. The summed E-state index contributed by atoms with van der Waals surface area (Å²) in [7, 11) is 0. The molecule has 1 saturated heterocycles. The van der Waals surface area contributed by atoms with Crippen LogP contribution in [0.4, 0.5) is 4.79 Å². The van der Waals surface area contributed by atoms with Crippen molar-refractivity contribution < 1.29 is 14.3 Å². The van der Waals surface area contributed by atoms with Crippen LogP contribution in [0.2, 0.25) is 5.02 Å². The van der Waals surface area contributed by atoms with E-state index in [1.165, 1.54) is 4.90 Å². The molecule has 7 heteroatoms. The SMILES string of the molecule is CCCN1C(=O)S/C(=C\c2cn(CCCOc3ccccc3Cl)c3ccccc23)C1=O. The van der Waals surface area contributed by atoms with Crippen LogP contribution in [0.25, 0.3) is 17.0 Å². The molecule has 1 aliphatic rings. The average molecular weight is 455 g/mol. The molecule has 1 fully saturated rings. The van der Waals surface area contributed by atoms with Crippen molar-refractivity contribution in [1.29, 1.82) is 0 Å². The lowest BCUT2D eigenvalue weighted by molar-refractivity contribution is -0.122. The maximum Gasteiger partial charge on any atom is 0.293 e. The van der Waals surface area contributed by atoms with Gasteiger partial charge in [0.15, 0.2) is 0 Å². The number of hydrogen-bond acceptors (Lipinski definition) is 4. The number of carbonyl (C=O) groups is 2. The largest absolute Gasteiger partial charge is 0.492 e. The average Bonchev–Trinajstić information content (AvgIpc) is 3.25. The number of benzene rings is 2. The molecular formula is C24H23ClN2O3S. The first kappa shape index (κ1) is 21.5. The second-order valence-corrected chi connectivity index (χ2v) is 8.66. The normalized spacial score (nSPS) is 15.4. The zero-order valence-electron chi connectivity index (χ0n) is 17.2. The van der Waals surface area contributed by atoms with Crippen LogP contribution in [0.3, 0.4) is 0 Å². The highest BCUT2D eigenvalue weighted by Gasteiger charge is 2.34. The standard InChI is InChI=1S/C24H23ClN2O3S/c1-2-12-27-23(28)22(31-24(27)29)15-17-16-26(20-10-5-3-8-18(17)20)13-7-14-30-21-11-6-4-9-19(21)25/h3-6,8-11,15-16H,2,7,12-14H2,1H3/b22-15-. The second kappa shape index (κ2) is 9.62. The summed E-state index contributed by atoms with van der Waals surface area (Å²) < 4.78 is 7.96. The number of aromatic nitrogens is 1. The first-order chi connectivity index (χ1) is 15.1. The molecule has 0 bridgehead atoms. The number of thioether (sulfide) groups is 1. The molecule has 0 saturated carbocycles. The van der Waals surface area contributed by atoms with E-state index in [9.17, 15) is 9.59 Å². The van der Waals surface area contributed by atoms with Gasteiger partial charge in [-0.25, -0.2) is 0 Å². The molecular weight excluding hydrogens is 432 g/mol. The van der Waals surface area contributed by atoms with Gasteiger partial charge in [-0.2, -0.15) is 0 Å². The summed E-state index contributed by atoms with van der Waals surface area (Å²) in [6, 6.07) is 15.5. The number of rotatable bonds is 8. The number of fused-ring (bicyclic) bond motifs is 1. The summed E-state index contributed by atoms with van der Waals surface area (Å²) >= 11 is 7.15. The molecule has 160 valence electrons. The number of halogens is 1. The Morgan fingerprint density at radius 3 is 2.65 bits per heavy atom. The van der Waals surface area contributed by atoms with E-state index < -0.39 is 0 Å². The fourth-order valence-corrected chi connectivity index (χ4v) is 4.66. The summed E-state index contributed by atoms with van der Waals surface area (Å²) in [5, 5.41) is 1.46. The van der Waals surface area contributed by atoms with Gasteiger partial charge in [-0.15, -0.1) is 0 Å². The number of imide groups is 1. The molecule has 1 aromatic heterocycles. The molecule has 0 atom stereocenters. The van der Waals surface area contributed by atoms with Crippen LogP contribution < -0.4 is 4.74 Å². The van der Waals surface area contributed by atoms with Crippen LogP contribution in [0.15, 0.2) is 59.6 Å². The topological polar surface area (TPSA) is 51.5 Å². The van der Waals surface area contributed by atoms with Crippen molar-refractivity contribution in [2.24, 2.45) is 0 Å². The molecule has 2 heterocycles. The Kier molecular flexibility index (Phi) is 6.68. The van der Waals surface area contributed by atoms with E-state index >= 15 is 0 Å². The summed E-state index contributed by atoms with van der Waals surface area (Å²) in [5.41, 5.74) is 2.02. The highest BCUT2D eigenvalue weighted by molar-refractivity contribution is 8.18. The van der Waals surface area contributed by atoms with Gasteiger partial charge in [-0.1, -0.05) is 48.9 Å². The smallest absolute Gasteiger partial charge is 0.293 e. The highest BCUT2D eigenvalue weighted by Crippen LogP contribution is 2.34. The second-order valence-electron chi connectivity index (χ2n) is 7.26. The Morgan fingerprint density at radius 1 is 1.06 bits per heavy atom. The third-order valence-corrected chi connectivity index (χ3v) is 6.28. The summed E-state index contributed by atoms with van der Waals surface area (Å²) in [5.74, 6) is 0.479. The van der Waals surface area contributed by atoms with Crippen LogP contribution in [0, 0.1) is 0 Å². The molecule has 2 amide bonds. The van der Waals surface area contributed by atoms with Crippen molar-refractivity contribution in [2.45, 2.75) is 26.3 Å². The van der Waals surface area contributed by atoms with Crippen LogP contribution in [0.1, 0.15) is 25.3 Å². The third kappa shape index (κ3) is 4.65. The molecule has 0 unspecified atom stereocenters. The van der Waals surface area contributed by atoms with Crippen molar-refractivity contribution in [1.82, 2.24) is 9.47 Å². The number of para-hydroxylation sites is 2. The quantitative estimate of drug-likeness (QED) is 0.300. The maximum atomic E-state index is 12.6. The number of hydrogen-bond donors (Lipinski definition) is 0. The lowest BCUT2D eigenvalue weighted by Gasteiger charge is -2.09. The maximum absolute atomic E-state index is 12.6. The third-order valence-electron chi connectivity index (χ3n) is 5.06. The van der Waals surface area contributed by atoms with Crippen LogP contribution in [-0.4, -0.2) is 33.8 Å². The molecule has 3 aromatic rings. The van der Waals surface area contributed by atoms with E-state index in [0.717, 1.165) is 47.6 Å². The molecule has 0 aliphatic carbocycles. The van der Waals surface area contributed by atoms with Crippen molar-refractivity contribution >= 4 is 51.5 Å². The van der Waals surface area contributed by atoms with Gasteiger partial charge >= 0.3 is 0 Å². The highest BCUT2D eigenvalue weighted by atomic mass is 35.5.